The molecular weight excluding hydrogens is 517 g/mol. The first kappa shape index (κ1) is 25.5. The Hall–Kier alpha value is 1.56. The second-order valence-electron chi connectivity index (χ2n) is 2.74. The molecular formula is C6H8Na2O8PbS2. The molecule has 0 fully saturated rings. The first-order valence-electron chi connectivity index (χ1n) is 3.54. The van der Waals surface area contributed by atoms with Crippen molar-refractivity contribution in [3.63, 3.8) is 0 Å². The molecule has 0 aliphatic carbocycles. The molecule has 0 saturated heterocycles. The van der Waals surface area contributed by atoms with Crippen LogP contribution in [0.25, 0.3) is 0 Å². The number of rotatable bonds is 2. The minimum Gasteiger partial charge on any atom is -1.00 e. The van der Waals surface area contributed by atoms with Crippen molar-refractivity contribution in [2.45, 2.75) is 9.79 Å². The summed E-state index contributed by atoms with van der Waals surface area (Å²) in [6.07, 6.45) is 0. The molecule has 98 valence electrons. The maximum absolute atomic E-state index is 10.7. The topological polar surface area (TPSA) is 149 Å². The van der Waals surface area contributed by atoms with Crippen LogP contribution in [0.4, 0.5) is 0 Å². The zero-order valence-corrected chi connectivity index (χ0v) is 19.4. The van der Waals surface area contributed by atoms with Gasteiger partial charge in [-0.05, 0) is 6.07 Å². The van der Waals surface area contributed by atoms with Gasteiger partial charge in [-0.3, -0.25) is 9.11 Å². The van der Waals surface area contributed by atoms with E-state index >= 15 is 0 Å². The molecule has 0 atom stereocenters. The van der Waals surface area contributed by atoms with Crippen molar-refractivity contribution in [1.29, 1.82) is 0 Å². The summed E-state index contributed by atoms with van der Waals surface area (Å²) in [5.41, 5.74) is 0. The van der Waals surface area contributed by atoms with Crippen LogP contribution in [0.5, 0.6) is 11.5 Å². The fraction of sp³-hybridized carbons (Fsp3) is 0. The van der Waals surface area contributed by atoms with Crippen LogP contribution in [0.3, 0.4) is 0 Å². The molecule has 0 amide bonds. The van der Waals surface area contributed by atoms with Crippen molar-refractivity contribution in [1.82, 2.24) is 0 Å². The minimum atomic E-state index is -4.92. The number of hydrogen-bond donors (Lipinski definition) is 4. The van der Waals surface area contributed by atoms with Gasteiger partial charge in [0.2, 0.25) is 0 Å². The van der Waals surface area contributed by atoms with Gasteiger partial charge < -0.3 is 13.1 Å². The third-order valence-corrected chi connectivity index (χ3v) is 3.30. The van der Waals surface area contributed by atoms with Crippen LogP contribution in [0.15, 0.2) is 21.9 Å². The maximum Gasteiger partial charge on any atom is 1.00 e. The molecule has 4 radical (unpaired) electrons. The summed E-state index contributed by atoms with van der Waals surface area (Å²) in [5.74, 6) is -2.32. The van der Waals surface area contributed by atoms with Gasteiger partial charge in [0, 0.05) is 33.4 Å². The number of benzene rings is 1. The van der Waals surface area contributed by atoms with Gasteiger partial charge in [-0.25, -0.2) is 0 Å². The first-order chi connectivity index (χ1) is 7.03. The Balaban J connectivity index is -0.000000171. The Bertz CT molecular complexity index is 651. The standard InChI is InChI=1S/C6H6O8S2.2Na.Pb.2H/c7-4-1-3(15(9,10)11)2-5(6(4)8)16(12,13)14;;;;;/h1-2,7-8H,(H,9,10,11)(H,12,13,14);;;;;/q;2*+1;;2*-1. The molecule has 0 saturated carbocycles. The first-order valence-corrected chi connectivity index (χ1v) is 6.42. The van der Waals surface area contributed by atoms with Crippen molar-refractivity contribution in [3.8, 4) is 11.5 Å². The molecule has 4 N–H and O–H groups in total. The van der Waals surface area contributed by atoms with Gasteiger partial charge in [0.15, 0.2) is 11.5 Å². The Labute approximate surface area is 176 Å². The van der Waals surface area contributed by atoms with Crippen LogP contribution in [0, 0.1) is 0 Å². The van der Waals surface area contributed by atoms with Gasteiger partial charge >= 0.3 is 59.1 Å². The largest absolute Gasteiger partial charge is 1.00 e. The van der Waals surface area contributed by atoms with Gasteiger partial charge in [0.1, 0.15) is 4.90 Å². The van der Waals surface area contributed by atoms with Gasteiger partial charge in [-0.2, -0.15) is 16.8 Å². The summed E-state index contributed by atoms with van der Waals surface area (Å²) in [6, 6.07) is 0.735. The molecule has 0 unspecified atom stereocenters. The van der Waals surface area contributed by atoms with Gasteiger partial charge in [0.25, 0.3) is 20.2 Å². The average Bonchev–Trinajstić information content (AvgIpc) is 2.05. The van der Waals surface area contributed by atoms with E-state index in [0.29, 0.717) is 12.1 Å². The average molecular weight is 525 g/mol. The molecule has 0 aromatic heterocycles. The van der Waals surface area contributed by atoms with Gasteiger partial charge in [-0.15, -0.1) is 0 Å². The normalized spacial score (nSPS) is 10.6. The van der Waals surface area contributed by atoms with Crippen LogP contribution in [0.2, 0.25) is 0 Å². The molecule has 13 heteroatoms. The fourth-order valence-corrected chi connectivity index (χ4v) is 2.14. The Morgan fingerprint density at radius 3 is 1.63 bits per heavy atom. The predicted molar refractivity (Wildman–Crippen MR) is 57.4 cm³/mol. The smallest absolute Gasteiger partial charge is 1.00 e. The third-order valence-electron chi connectivity index (χ3n) is 1.60. The van der Waals surface area contributed by atoms with Crippen molar-refractivity contribution in [2.75, 3.05) is 0 Å². The molecule has 1 rings (SSSR count). The number of hydrogen-bond acceptors (Lipinski definition) is 6. The SMILES string of the molecule is O=S(=O)(O)c1cc(O)c(O)c(S(=O)(=O)O)c1.[H-].[H-].[Na+].[Na+].[Pb]. The molecule has 19 heavy (non-hydrogen) atoms. The summed E-state index contributed by atoms with van der Waals surface area (Å²) >= 11 is 0. The van der Waals surface area contributed by atoms with Crippen LogP contribution in [-0.2, 0) is 20.2 Å². The number of aromatic hydroxyl groups is 2. The second kappa shape index (κ2) is 8.87. The minimum absolute atomic E-state index is 0. The van der Waals surface area contributed by atoms with E-state index in [4.69, 9.17) is 19.3 Å². The summed E-state index contributed by atoms with van der Waals surface area (Å²) in [6.45, 7) is 0. The van der Waals surface area contributed by atoms with E-state index in [9.17, 15) is 16.8 Å². The summed E-state index contributed by atoms with van der Waals surface area (Å²) in [4.78, 5) is -2.20. The number of phenolic OH excluding ortho intramolecular Hbond substituents is 2. The predicted octanol–water partition coefficient (Wildman–Crippen LogP) is -6.56. The Kier molecular flexibility index (Phi) is 11.9. The molecule has 0 bridgehead atoms. The van der Waals surface area contributed by atoms with E-state index < -0.39 is 41.5 Å². The molecule has 1 aromatic rings. The van der Waals surface area contributed by atoms with Crippen LogP contribution >= 0.6 is 0 Å². The van der Waals surface area contributed by atoms with E-state index in [-0.39, 0.29) is 89.3 Å². The molecule has 0 heterocycles. The van der Waals surface area contributed by atoms with Crippen LogP contribution in [-0.4, -0.2) is 63.5 Å². The summed E-state index contributed by atoms with van der Waals surface area (Å²) < 4.78 is 59.9. The monoisotopic (exact) mass is 526 g/mol. The van der Waals surface area contributed by atoms with E-state index in [2.05, 4.69) is 0 Å². The number of phenols is 2. The second-order valence-corrected chi connectivity index (χ2v) is 5.55. The van der Waals surface area contributed by atoms with E-state index in [1.165, 1.54) is 0 Å². The van der Waals surface area contributed by atoms with Crippen molar-refractivity contribution in [2.24, 2.45) is 0 Å². The summed E-state index contributed by atoms with van der Waals surface area (Å²) in [5, 5.41) is 18.1. The van der Waals surface area contributed by atoms with Crippen molar-refractivity contribution >= 4 is 47.5 Å². The molecule has 0 spiro atoms. The Morgan fingerprint density at radius 1 is 0.895 bits per heavy atom. The van der Waals surface area contributed by atoms with Crippen LogP contribution in [0.1, 0.15) is 2.85 Å². The summed E-state index contributed by atoms with van der Waals surface area (Å²) in [7, 11) is -9.70. The third kappa shape index (κ3) is 6.90. The van der Waals surface area contributed by atoms with E-state index in [1.807, 2.05) is 0 Å². The Morgan fingerprint density at radius 2 is 1.32 bits per heavy atom. The maximum atomic E-state index is 10.7. The van der Waals surface area contributed by atoms with Gasteiger partial charge in [-0.1, -0.05) is 0 Å². The van der Waals surface area contributed by atoms with Crippen LogP contribution < -0.4 is 59.1 Å². The molecule has 1 aromatic carbocycles. The quantitative estimate of drug-likeness (QED) is 0.169. The fourth-order valence-electron chi connectivity index (χ4n) is 0.914. The van der Waals surface area contributed by atoms with Crippen molar-refractivity contribution in [3.05, 3.63) is 12.1 Å². The molecule has 0 aliphatic heterocycles. The zero-order valence-electron chi connectivity index (χ0n) is 11.9. The van der Waals surface area contributed by atoms with E-state index in [1.54, 1.807) is 0 Å². The van der Waals surface area contributed by atoms with Crippen molar-refractivity contribution < 1.29 is 98.1 Å². The zero-order chi connectivity index (χ0) is 12.7. The van der Waals surface area contributed by atoms with E-state index in [0.717, 1.165) is 0 Å². The van der Waals surface area contributed by atoms with Gasteiger partial charge in [0.05, 0.1) is 4.90 Å². The molecule has 0 aliphatic rings. The molecule has 8 nitrogen and oxygen atoms in total.